The lowest BCUT2D eigenvalue weighted by molar-refractivity contribution is -0.870. The van der Waals surface area contributed by atoms with E-state index >= 15 is 28.4 Å². The molecule has 0 aliphatic carbocycles. The van der Waals surface area contributed by atoms with Crippen molar-refractivity contribution >= 4 is 75.9 Å². The van der Waals surface area contributed by atoms with Gasteiger partial charge in [0.1, 0.15) is 71.1 Å². The highest BCUT2D eigenvalue weighted by molar-refractivity contribution is 6.00. The molecule has 11 rings (SSSR count). The maximum atomic E-state index is 15.9. The Bertz CT molecular complexity index is 4220. The molecule has 11 atom stereocenters. The van der Waals surface area contributed by atoms with Gasteiger partial charge in [-0.2, -0.15) is 0 Å². The lowest BCUT2D eigenvalue weighted by Crippen LogP contribution is -2.64. The van der Waals surface area contributed by atoms with Crippen LogP contribution < -0.4 is 53.0 Å². The zero-order valence-electron chi connectivity index (χ0n) is 60.7. The van der Waals surface area contributed by atoms with Crippen LogP contribution in [0.15, 0.2) is 103 Å². The Hall–Kier alpha value is -10.7. The molecule has 11 amide bonds. The van der Waals surface area contributed by atoms with Crippen molar-refractivity contribution in [3.63, 3.8) is 0 Å². The van der Waals surface area contributed by atoms with Gasteiger partial charge in [0.15, 0.2) is 0 Å². The summed E-state index contributed by atoms with van der Waals surface area (Å²) in [6, 6.07) is 12.7. The zero-order chi connectivity index (χ0) is 76.1. The second-order valence-corrected chi connectivity index (χ2v) is 29.2. The number of hydrogen-bond acceptors (Lipinski definition) is 16. The largest absolute Gasteiger partial charge is 0.497 e. The second kappa shape index (κ2) is 34.5. The average Bonchev–Trinajstić information content (AvgIpc) is 1.59. The van der Waals surface area contributed by atoms with Gasteiger partial charge in [-0.15, -0.1) is 5.10 Å². The molecule has 10 bridgehead atoms. The van der Waals surface area contributed by atoms with Crippen molar-refractivity contribution in [2.24, 2.45) is 5.73 Å². The maximum Gasteiger partial charge on any atom is 0.246 e. The van der Waals surface area contributed by atoms with Crippen molar-refractivity contribution in [3.05, 3.63) is 148 Å². The molecule has 5 aliphatic heterocycles. The number of H-pyrrole nitrogens is 1. The highest BCUT2D eigenvalue weighted by atomic mass is 19.1. The number of aromatic nitrogens is 4. The summed E-state index contributed by atoms with van der Waals surface area (Å²) in [4.78, 5) is 167. The Balaban J connectivity index is 1.03. The number of primary amides is 1. The first kappa shape index (κ1) is 77.9. The molecule has 2 aromatic heterocycles. The molecule has 0 unspecified atom stereocenters. The number of methoxy groups -OCH3 is 1. The summed E-state index contributed by atoms with van der Waals surface area (Å²) in [5.41, 5.74) is 8.51. The lowest BCUT2D eigenvalue weighted by atomic mass is 9.94. The number of carbonyl (C=O) groups excluding carboxylic acids is 11. The number of aliphatic hydroxyl groups excluding tert-OH is 1. The normalized spacial score (nSPS) is 25.1. The Morgan fingerprint density at radius 3 is 2.20 bits per heavy atom. The van der Waals surface area contributed by atoms with Gasteiger partial charge in [0, 0.05) is 75.3 Å². The third-order valence-corrected chi connectivity index (χ3v) is 19.9. The number of fused-ring (bicyclic) bond motifs is 28. The molecule has 4 aromatic carbocycles. The number of unbranched alkanes of at least 4 members (excludes halogenated alkanes) is 1. The number of amides is 11. The quantitative estimate of drug-likeness (QED) is 0.0456. The predicted octanol–water partition coefficient (Wildman–Crippen LogP) is 0.673. The molecule has 7 heterocycles. The van der Waals surface area contributed by atoms with Gasteiger partial charge in [-0.1, -0.05) is 65.9 Å². The number of nitrogens with two attached hydrogens (primary N) is 1. The van der Waals surface area contributed by atoms with Gasteiger partial charge in [0.05, 0.1) is 66.4 Å². The van der Waals surface area contributed by atoms with E-state index in [2.05, 4.69) is 57.8 Å². The summed E-state index contributed by atoms with van der Waals surface area (Å²) in [6.45, 7) is 4.73. The molecular formula is C75H96FN16O14+. The molecule has 566 valence electrons. The summed E-state index contributed by atoms with van der Waals surface area (Å²) in [5, 5.41) is 42.8. The van der Waals surface area contributed by atoms with E-state index < -0.39 is 137 Å². The van der Waals surface area contributed by atoms with E-state index in [0.717, 1.165) is 6.54 Å². The Morgan fingerprint density at radius 2 is 1.47 bits per heavy atom. The van der Waals surface area contributed by atoms with Crippen molar-refractivity contribution in [1.29, 1.82) is 0 Å². The number of halogens is 1. The number of nitrogens with zero attached hydrogens (tertiary/aromatic N) is 6. The molecule has 106 heavy (non-hydrogen) atoms. The Kier molecular flexibility index (Phi) is 25.4. The monoisotopic (exact) mass is 1460 g/mol. The minimum Gasteiger partial charge on any atom is -0.497 e. The second-order valence-electron chi connectivity index (χ2n) is 29.2. The summed E-state index contributed by atoms with van der Waals surface area (Å²) < 4.78 is 29.2. The SMILES string of the molecule is COc1ccc(C[C@@H]2NC(=O)[C@H]([C@H](C)O)NC(=O)[C@@H]3[C@@H]4CCN3C(=O)[C@H](Cc3c[nH]c5ccc(F)cc35)NC(=O)[C@H](Cc3cccc(c3)Cn3cc(nn3)CO4)NC(=O)[C@@H](C)NC(=O)[C@H](CCCC[N+](C)(C)C)NC(=O)CCC(=O)NCc3ccc(cc3)C[C@@H](C(N)=O)NC(=O)[C@]3(C)CCCN3C2=O)cc1. The highest BCUT2D eigenvalue weighted by Crippen LogP contribution is 2.32. The number of carbonyl (C=O) groups is 11. The molecule has 0 spiro atoms. The van der Waals surface area contributed by atoms with E-state index in [-0.39, 0.29) is 90.6 Å². The topological polar surface area (TPSA) is 402 Å². The molecular weight excluding hydrogens is 1370 g/mol. The molecule has 31 heteroatoms. The van der Waals surface area contributed by atoms with Crippen molar-refractivity contribution in [1.82, 2.24) is 72.3 Å². The van der Waals surface area contributed by atoms with Crippen LogP contribution in [0.4, 0.5) is 4.39 Å². The smallest absolute Gasteiger partial charge is 0.246 e. The minimum atomic E-state index is -1.85. The van der Waals surface area contributed by atoms with E-state index in [1.165, 1.54) is 55.9 Å². The molecule has 0 saturated carbocycles. The fraction of sp³-hybridized carbons (Fsp3) is 0.480. The predicted molar refractivity (Wildman–Crippen MR) is 384 cm³/mol. The average molecular weight is 1460 g/mol. The van der Waals surface area contributed by atoms with Crippen LogP contribution in [0, 0.1) is 5.82 Å². The summed E-state index contributed by atoms with van der Waals surface area (Å²) in [5.74, 6) is -8.90. The molecule has 5 aliphatic rings. The maximum absolute atomic E-state index is 15.9. The van der Waals surface area contributed by atoms with Gasteiger partial charge in [-0.05, 0) is 123 Å². The van der Waals surface area contributed by atoms with E-state index in [4.69, 9.17) is 15.2 Å². The molecule has 12 N–H and O–H groups in total. The van der Waals surface area contributed by atoms with Crippen LogP contribution in [0.1, 0.15) is 111 Å². The number of hydrogen-bond donors (Lipinski definition) is 11. The summed E-state index contributed by atoms with van der Waals surface area (Å²) >= 11 is 0. The summed E-state index contributed by atoms with van der Waals surface area (Å²) in [6.07, 6.45) is 0.712. The molecule has 2 saturated heterocycles. The van der Waals surface area contributed by atoms with Crippen LogP contribution in [0.2, 0.25) is 0 Å². The first-order valence-corrected chi connectivity index (χ1v) is 35.8. The van der Waals surface area contributed by atoms with Gasteiger partial charge in [0.2, 0.25) is 65.0 Å². The van der Waals surface area contributed by atoms with Crippen LogP contribution in [0.3, 0.4) is 0 Å². The first-order valence-electron chi connectivity index (χ1n) is 35.8. The highest BCUT2D eigenvalue weighted by Gasteiger charge is 2.50. The number of ether oxygens (including phenoxy) is 2. The number of aromatic amines is 1. The van der Waals surface area contributed by atoms with Crippen LogP contribution in [0.5, 0.6) is 5.75 Å². The molecule has 0 radical (unpaired) electrons. The van der Waals surface area contributed by atoms with Crippen LogP contribution in [-0.2, 0) is 103 Å². The van der Waals surface area contributed by atoms with Gasteiger partial charge in [-0.3, -0.25) is 52.7 Å². The fourth-order valence-corrected chi connectivity index (χ4v) is 13.9. The van der Waals surface area contributed by atoms with Crippen molar-refractivity contribution in [2.45, 2.75) is 184 Å². The van der Waals surface area contributed by atoms with Gasteiger partial charge in [-0.25, -0.2) is 9.07 Å². The third kappa shape index (κ3) is 20.0. The lowest BCUT2D eigenvalue weighted by Gasteiger charge is -2.37. The zero-order valence-corrected chi connectivity index (χ0v) is 60.7. The third-order valence-electron chi connectivity index (χ3n) is 19.9. The molecule has 6 aromatic rings. The first-order chi connectivity index (χ1) is 50.5. The fourth-order valence-electron chi connectivity index (χ4n) is 13.9. The van der Waals surface area contributed by atoms with E-state index in [1.807, 2.05) is 27.2 Å². The van der Waals surface area contributed by atoms with Crippen molar-refractivity contribution in [3.8, 4) is 5.75 Å². The van der Waals surface area contributed by atoms with Crippen molar-refractivity contribution in [2.75, 3.05) is 47.9 Å². The van der Waals surface area contributed by atoms with Gasteiger partial charge in [0.25, 0.3) is 0 Å². The molecule has 30 nitrogen and oxygen atoms in total. The number of quaternary nitrogens is 1. The van der Waals surface area contributed by atoms with E-state index in [1.54, 1.807) is 83.8 Å². The van der Waals surface area contributed by atoms with E-state index in [0.29, 0.717) is 79.5 Å². The van der Waals surface area contributed by atoms with Gasteiger partial charge < -0.3 is 82.1 Å². The van der Waals surface area contributed by atoms with Gasteiger partial charge >= 0.3 is 0 Å². The number of rotatable bonds is 12. The summed E-state index contributed by atoms with van der Waals surface area (Å²) in [7, 11) is 7.53. The number of benzene rings is 4. The minimum absolute atomic E-state index is 0.0115. The number of nitrogens with one attached hydrogen (secondary N) is 9. The Morgan fingerprint density at radius 1 is 0.755 bits per heavy atom. The van der Waals surface area contributed by atoms with Crippen LogP contribution in [0.25, 0.3) is 10.9 Å². The van der Waals surface area contributed by atoms with Crippen LogP contribution >= 0.6 is 0 Å². The number of aliphatic hydroxyl groups is 1. The Labute approximate surface area is 613 Å². The van der Waals surface area contributed by atoms with Crippen molar-refractivity contribution < 1.29 is 76.2 Å². The standard InChI is InChI=1S/C75H95FN16O14/c1-43-67(97)82-58-35-48-12-10-13-49(32-48)40-89-41-52(87-88-89)42-106-61-27-30-90(72(102)60(83-69(58)99)36-50-39-78-55-24-21-51(76)37-54(50)55)65(61)71(101)86-64(44(2)93)70(100)84-59(34-46-19-22-53(105-7)23-20-46)73(103)91-29-11-28-75(91,3)74(104)85-57(66(77)96)33-45-15-17-47(18-16-45)38-79-62(94)25-26-63(95)81-56(68(98)80-43)14-8-9-31-92(4,5)6/h10,12-13,15-24,32,37,39,41,43-44,56-61,64-65,78,93H,8-9,11,14,25-31,33-36,38,40,42H2,1-7H3,(H9-,77,79,80,81,82,83,84,85,86,94,95,96,97,98,99,100,101,104)/p+1/t43-,44+,56+,57+,58+,59+,60+,61+,64+,65+,75+/m1/s1. The van der Waals surface area contributed by atoms with Crippen LogP contribution in [-0.4, -0.2) is 218 Å². The van der Waals surface area contributed by atoms with E-state index in [9.17, 15) is 33.9 Å². The molecule has 2 fully saturated rings.